The summed E-state index contributed by atoms with van der Waals surface area (Å²) in [6.45, 7) is -0.248. The molecule has 0 atom stereocenters. The van der Waals surface area contributed by atoms with Crippen molar-refractivity contribution in [2.24, 2.45) is 0 Å². The lowest BCUT2D eigenvalue weighted by molar-refractivity contribution is -0.385. The van der Waals surface area contributed by atoms with Crippen molar-refractivity contribution in [3.8, 4) is 5.75 Å². The fraction of sp³-hybridized carbons (Fsp3) is 0.111. The molecule has 2 aromatic rings. The van der Waals surface area contributed by atoms with Crippen LogP contribution in [-0.2, 0) is 11.3 Å². The first-order valence-corrected chi connectivity index (χ1v) is 8.93. The quantitative estimate of drug-likeness (QED) is 0.396. The van der Waals surface area contributed by atoms with Crippen LogP contribution in [0.3, 0.4) is 0 Å². The second-order valence-electron chi connectivity index (χ2n) is 5.84. The van der Waals surface area contributed by atoms with E-state index in [9.17, 15) is 29.8 Å². The maximum atomic E-state index is 12.6. The summed E-state index contributed by atoms with van der Waals surface area (Å²) in [6, 6.07) is 9.97. The van der Waals surface area contributed by atoms with Crippen molar-refractivity contribution in [1.29, 1.82) is 0 Å². The molecule has 0 aromatic heterocycles. The van der Waals surface area contributed by atoms with Gasteiger partial charge in [0.25, 0.3) is 16.8 Å². The summed E-state index contributed by atoms with van der Waals surface area (Å²) in [7, 11) is 1.30. The summed E-state index contributed by atoms with van der Waals surface area (Å²) in [6.07, 6.45) is 1.36. The molecular formula is C18H13N3O7S. The van der Waals surface area contributed by atoms with Crippen LogP contribution in [0.5, 0.6) is 5.75 Å². The lowest BCUT2D eigenvalue weighted by atomic mass is 10.1. The zero-order valence-corrected chi connectivity index (χ0v) is 15.8. The molecule has 0 N–H and O–H groups in total. The number of ether oxygens (including phenoxy) is 1. The van der Waals surface area contributed by atoms with Gasteiger partial charge in [0.05, 0.1) is 28.4 Å². The topological polar surface area (TPSA) is 133 Å². The number of carbonyl (C=O) groups is 2. The second kappa shape index (κ2) is 8.10. The van der Waals surface area contributed by atoms with Gasteiger partial charge in [-0.3, -0.25) is 34.7 Å². The van der Waals surface area contributed by atoms with Crippen LogP contribution >= 0.6 is 11.8 Å². The van der Waals surface area contributed by atoms with Gasteiger partial charge in [-0.2, -0.15) is 0 Å². The number of carbonyl (C=O) groups excluding carboxylic acids is 2. The molecule has 0 radical (unpaired) electrons. The van der Waals surface area contributed by atoms with E-state index in [1.165, 1.54) is 49.6 Å². The Labute approximate surface area is 168 Å². The number of rotatable bonds is 6. The highest BCUT2D eigenvalue weighted by Gasteiger charge is 2.36. The summed E-state index contributed by atoms with van der Waals surface area (Å²) in [5.41, 5.74) is 0.0940. The van der Waals surface area contributed by atoms with Crippen molar-refractivity contribution in [2.45, 2.75) is 6.54 Å². The van der Waals surface area contributed by atoms with Crippen LogP contribution in [-0.4, -0.2) is 33.0 Å². The maximum Gasteiger partial charge on any atom is 0.311 e. The number of hydrogen-bond donors (Lipinski definition) is 0. The predicted molar refractivity (Wildman–Crippen MR) is 104 cm³/mol. The highest BCUT2D eigenvalue weighted by molar-refractivity contribution is 8.18. The molecule has 3 rings (SSSR count). The number of nitro benzene ring substituents is 2. The van der Waals surface area contributed by atoms with Crippen molar-refractivity contribution < 1.29 is 24.2 Å². The number of amides is 2. The molecule has 0 unspecified atom stereocenters. The van der Waals surface area contributed by atoms with E-state index in [2.05, 4.69) is 0 Å². The zero-order chi connectivity index (χ0) is 21.1. The van der Waals surface area contributed by atoms with E-state index < -0.39 is 21.0 Å². The molecule has 148 valence electrons. The van der Waals surface area contributed by atoms with E-state index in [4.69, 9.17) is 4.74 Å². The molecule has 1 aliphatic heterocycles. The largest absolute Gasteiger partial charge is 0.490 e. The monoisotopic (exact) mass is 415 g/mol. The molecule has 2 aromatic carbocycles. The van der Waals surface area contributed by atoms with Crippen molar-refractivity contribution in [3.63, 3.8) is 0 Å². The predicted octanol–water partition coefficient (Wildman–Crippen LogP) is 3.75. The minimum Gasteiger partial charge on any atom is -0.490 e. The lowest BCUT2D eigenvalue weighted by Gasteiger charge is -2.12. The fourth-order valence-corrected chi connectivity index (χ4v) is 3.56. The van der Waals surface area contributed by atoms with Crippen molar-refractivity contribution in [3.05, 3.63) is 78.7 Å². The molecule has 0 bridgehead atoms. The summed E-state index contributed by atoms with van der Waals surface area (Å²) in [4.78, 5) is 47.0. The number of hydrogen-bond acceptors (Lipinski definition) is 8. The Morgan fingerprint density at radius 1 is 1.07 bits per heavy atom. The fourth-order valence-electron chi connectivity index (χ4n) is 2.72. The van der Waals surface area contributed by atoms with Crippen LogP contribution in [0.2, 0.25) is 0 Å². The number of methoxy groups -OCH3 is 1. The van der Waals surface area contributed by atoms with Gasteiger partial charge in [0.1, 0.15) is 0 Å². The first kappa shape index (κ1) is 20.0. The Bertz CT molecular complexity index is 1070. The summed E-state index contributed by atoms with van der Waals surface area (Å²) in [5, 5.41) is 21.7. The smallest absolute Gasteiger partial charge is 0.311 e. The zero-order valence-electron chi connectivity index (χ0n) is 14.9. The third-order valence-corrected chi connectivity index (χ3v) is 5.00. The van der Waals surface area contributed by atoms with Crippen LogP contribution in [0.25, 0.3) is 6.08 Å². The number of nitrogens with zero attached hydrogens (tertiary/aromatic N) is 3. The van der Waals surface area contributed by atoms with E-state index in [-0.39, 0.29) is 34.1 Å². The van der Waals surface area contributed by atoms with E-state index in [0.717, 1.165) is 4.90 Å². The third-order valence-electron chi connectivity index (χ3n) is 4.09. The Morgan fingerprint density at radius 2 is 1.76 bits per heavy atom. The average Bonchev–Trinajstić information content (AvgIpc) is 2.95. The standard InChI is InChI=1S/C18H13N3O7S/c1-28-15-7-6-11(8-14(15)21(26)27)9-16-17(22)19(18(23)29-16)10-12-4-2-3-5-13(12)20(24)25/h2-9H,10H2,1H3/b16-9-. The van der Waals surface area contributed by atoms with Gasteiger partial charge >= 0.3 is 5.69 Å². The SMILES string of the molecule is COc1ccc(/C=C2\SC(=O)N(Cc3ccccc3[N+](=O)[O-])C2=O)cc1[N+](=O)[O-]. The first-order valence-electron chi connectivity index (χ1n) is 8.12. The normalized spacial score (nSPS) is 15.1. The highest BCUT2D eigenvalue weighted by Crippen LogP contribution is 2.35. The Morgan fingerprint density at radius 3 is 2.41 bits per heavy atom. The molecule has 1 aliphatic rings. The summed E-state index contributed by atoms with van der Waals surface area (Å²) in [5.74, 6) is -0.562. The summed E-state index contributed by atoms with van der Waals surface area (Å²) < 4.78 is 4.93. The van der Waals surface area contributed by atoms with Crippen LogP contribution in [0.1, 0.15) is 11.1 Å². The van der Waals surface area contributed by atoms with Gasteiger partial charge in [0.15, 0.2) is 5.75 Å². The molecule has 29 heavy (non-hydrogen) atoms. The highest BCUT2D eigenvalue weighted by atomic mass is 32.2. The molecule has 0 saturated carbocycles. The van der Waals surface area contributed by atoms with E-state index in [0.29, 0.717) is 17.3 Å². The summed E-state index contributed by atoms with van der Waals surface area (Å²) >= 11 is 0.662. The maximum absolute atomic E-state index is 12.6. The minimum atomic E-state index is -0.628. The van der Waals surface area contributed by atoms with Crippen molar-refractivity contribution in [2.75, 3.05) is 7.11 Å². The van der Waals surface area contributed by atoms with Gasteiger partial charge in [-0.25, -0.2) is 0 Å². The molecule has 1 saturated heterocycles. The van der Waals surface area contributed by atoms with E-state index in [1.54, 1.807) is 6.07 Å². The lowest BCUT2D eigenvalue weighted by Crippen LogP contribution is -2.27. The number of nitro groups is 2. The van der Waals surface area contributed by atoms with E-state index in [1.807, 2.05) is 0 Å². The minimum absolute atomic E-state index is 0.0630. The van der Waals surface area contributed by atoms with Gasteiger partial charge in [0.2, 0.25) is 0 Å². The van der Waals surface area contributed by atoms with Gasteiger partial charge in [0, 0.05) is 17.7 Å². The Hall–Kier alpha value is -3.73. The van der Waals surface area contributed by atoms with Gasteiger partial charge in [-0.05, 0) is 29.5 Å². The first-order chi connectivity index (χ1) is 13.8. The molecule has 0 aliphatic carbocycles. The second-order valence-corrected chi connectivity index (χ2v) is 6.84. The number of para-hydroxylation sites is 1. The molecule has 2 amide bonds. The van der Waals surface area contributed by atoms with Gasteiger partial charge < -0.3 is 4.74 Å². The van der Waals surface area contributed by atoms with Crippen LogP contribution < -0.4 is 4.74 Å². The third kappa shape index (κ3) is 4.09. The van der Waals surface area contributed by atoms with Crippen molar-refractivity contribution in [1.82, 2.24) is 4.90 Å². The van der Waals surface area contributed by atoms with Crippen LogP contribution in [0.15, 0.2) is 47.4 Å². The number of imide groups is 1. The molecule has 11 heteroatoms. The van der Waals surface area contributed by atoms with E-state index >= 15 is 0 Å². The Balaban J connectivity index is 1.89. The number of benzene rings is 2. The van der Waals surface area contributed by atoms with Crippen LogP contribution in [0.4, 0.5) is 16.2 Å². The molecule has 0 spiro atoms. The van der Waals surface area contributed by atoms with Gasteiger partial charge in [-0.1, -0.05) is 24.3 Å². The average molecular weight is 415 g/mol. The van der Waals surface area contributed by atoms with Crippen LogP contribution in [0, 0.1) is 20.2 Å². The van der Waals surface area contributed by atoms with Crippen molar-refractivity contribution >= 4 is 40.4 Å². The molecule has 10 nitrogen and oxygen atoms in total. The number of thioether (sulfide) groups is 1. The Kier molecular flexibility index (Phi) is 5.59. The molecular weight excluding hydrogens is 402 g/mol. The molecule has 1 heterocycles. The van der Waals surface area contributed by atoms with Gasteiger partial charge in [-0.15, -0.1) is 0 Å². The molecule has 1 fully saturated rings.